The van der Waals surface area contributed by atoms with Gasteiger partial charge >= 0.3 is 0 Å². The van der Waals surface area contributed by atoms with Gasteiger partial charge in [-0.1, -0.05) is 0 Å². The van der Waals surface area contributed by atoms with Gasteiger partial charge in [-0.05, 0) is 31.4 Å². The number of amides is 1. The fourth-order valence-corrected chi connectivity index (χ4v) is 3.51. The van der Waals surface area contributed by atoms with Gasteiger partial charge in [-0.2, -0.15) is 0 Å². The van der Waals surface area contributed by atoms with Crippen LogP contribution >= 0.6 is 12.4 Å². The highest BCUT2D eigenvalue weighted by atomic mass is 35.5. The predicted octanol–water partition coefficient (Wildman–Crippen LogP) is 2.10. The van der Waals surface area contributed by atoms with Crippen LogP contribution in [0.15, 0.2) is 12.1 Å². The van der Waals surface area contributed by atoms with Crippen LogP contribution in [0.25, 0.3) is 0 Å². The minimum atomic E-state index is 0. The molecule has 6 nitrogen and oxygen atoms in total. The van der Waals surface area contributed by atoms with Gasteiger partial charge in [0, 0.05) is 30.7 Å². The van der Waals surface area contributed by atoms with Gasteiger partial charge in [0.15, 0.2) is 11.5 Å². The molecule has 7 heteroatoms. The number of carbonyl (C=O) groups is 1. The summed E-state index contributed by atoms with van der Waals surface area (Å²) in [5, 5.41) is 3.59. The Hall–Kier alpha value is -1.66. The molecular formula is C17H25ClN2O4. The second-order valence-corrected chi connectivity index (χ2v) is 6.09. The van der Waals surface area contributed by atoms with Crippen LogP contribution < -0.4 is 19.5 Å². The van der Waals surface area contributed by atoms with Gasteiger partial charge in [0.05, 0.1) is 21.3 Å². The number of halogens is 1. The molecule has 0 aliphatic carbocycles. The molecule has 134 valence electrons. The van der Waals surface area contributed by atoms with Gasteiger partial charge in [0.2, 0.25) is 5.75 Å². The average Bonchev–Trinajstić information content (AvgIpc) is 2.91. The molecule has 24 heavy (non-hydrogen) atoms. The predicted molar refractivity (Wildman–Crippen MR) is 93.8 cm³/mol. The minimum Gasteiger partial charge on any atom is -0.493 e. The third-order valence-electron chi connectivity index (χ3n) is 4.72. The number of nitrogens with one attached hydrogen (secondary N) is 1. The Bertz CT molecular complexity index is 571. The summed E-state index contributed by atoms with van der Waals surface area (Å²) in [4.78, 5) is 14.8. The third kappa shape index (κ3) is 3.54. The highest BCUT2D eigenvalue weighted by molar-refractivity contribution is 5.95. The summed E-state index contributed by atoms with van der Waals surface area (Å²) in [5.74, 6) is 1.52. The lowest BCUT2D eigenvalue weighted by Gasteiger charge is -2.25. The second kappa shape index (κ2) is 7.94. The Morgan fingerprint density at radius 1 is 1.04 bits per heavy atom. The molecule has 2 unspecified atom stereocenters. The number of rotatable bonds is 4. The van der Waals surface area contributed by atoms with Crippen LogP contribution in [0.5, 0.6) is 17.2 Å². The van der Waals surface area contributed by atoms with Gasteiger partial charge in [-0.3, -0.25) is 4.79 Å². The zero-order chi connectivity index (χ0) is 16.4. The maximum absolute atomic E-state index is 12.9. The second-order valence-electron chi connectivity index (χ2n) is 6.09. The Morgan fingerprint density at radius 3 is 2.25 bits per heavy atom. The van der Waals surface area contributed by atoms with E-state index in [-0.39, 0.29) is 18.3 Å². The fourth-order valence-electron chi connectivity index (χ4n) is 3.51. The molecule has 0 radical (unpaired) electrons. The van der Waals surface area contributed by atoms with Crippen molar-refractivity contribution in [3.05, 3.63) is 17.7 Å². The normalized spacial score (nSPS) is 22.4. The van der Waals surface area contributed by atoms with Crippen LogP contribution in [0.3, 0.4) is 0 Å². The minimum absolute atomic E-state index is 0. The summed E-state index contributed by atoms with van der Waals surface area (Å²) in [6.45, 7) is 1.54. The Morgan fingerprint density at radius 2 is 1.67 bits per heavy atom. The van der Waals surface area contributed by atoms with Crippen molar-refractivity contribution in [1.82, 2.24) is 10.2 Å². The van der Waals surface area contributed by atoms with Crippen LogP contribution in [0, 0.1) is 0 Å². The van der Waals surface area contributed by atoms with Crippen LogP contribution in [0.2, 0.25) is 0 Å². The first-order valence-corrected chi connectivity index (χ1v) is 8.01. The number of hydrogen-bond donors (Lipinski definition) is 1. The first kappa shape index (κ1) is 18.7. The molecule has 2 heterocycles. The van der Waals surface area contributed by atoms with Crippen molar-refractivity contribution < 1.29 is 19.0 Å². The zero-order valence-electron chi connectivity index (χ0n) is 14.3. The van der Waals surface area contributed by atoms with E-state index in [1.54, 1.807) is 33.5 Å². The summed E-state index contributed by atoms with van der Waals surface area (Å²) in [7, 11) is 4.67. The SMILES string of the molecule is COc1cc(C(=O)N2CCC3CCC(C2)N3)cc(OC)c1OC.Cl. The van der Waals surface area contributed by atoms with Crippen molar-refractivity contribution in [2.75, 3.05) is 34.4 Å². The first-order chi connectivity index (χ1) is 11.2. The average molecular weight is 357 g/mol. The van der Waals surface area contributed by atoms with Gasteiger partial charge in [0.25, 0.3) is 5.91 Å². The lowest BCUT2D eigenvalue weighted by Crippen LogP contribution is -2.39. The highest BCUT2D eigenvalue weighted by Gasteiger charge is 2.32. The maximum atomic E-state index is 12.9. The summed E-state index contributed by atoms with van der Waals surface area (Å²) in [6.07, 6.45) is 3.37. The Balaban J connectivity index is 0.00000208. The van der Waals surface area contributed by atoms with Crippen LogP contribution in [0.4, 0.5) is 0 Å². The third-order valence-corrected chi connectivity index (χ3v) is 4.72. The standard InChI is InChI=1S/C17H24N2O4.ClH/c1-21-14-8-11(9-15(22-2)16(14)23-3)17(20)19-7-6-12-4-5-13(10-19)18-12;/h8-9,12-13,18H,4-7,10H2,1-3H3;1H. The summed E-state index contributed by atoms with van der Waals surface area (Å²) >= 11 is 0. The van der Waals surface area contributed by atoms with Crippen molar-refractivity contribution in [1.29, 1.82) is 0 Å². The number of benzene rings is 1. The Kier molecular flexibility index (Phi) is 6.18. The molecule has 1 aromatic carbocycles. The number of fused-ring (bicyclic) bond motifs is 2. The van der Waals surface area contributed by atoms with E-state index < -0.39 is 0 Å². The van der Waals surface area contributed by atoms with Gasteiger partial charge in [0.1, 0.15) is 0 Å². The molecule has 2 aliphatic rings. The largest absolute Gasteiger partial charge is 0.493 e. The summed E-state index contributed by atoms with van der Waals surface area (Å²) in [5.41, 5.74) is 0.567. The van der Waals surface area contributed by atoms with Gasteiger partial charge < -0.3 is 24.4 Å². The monoisotopic (exact) mass is 356 g/mol. The number of hydrogen-bond acceptors (Lipinski definition) is 5. The number of methoxy groups -OCH3 is 3. The van der Waals surface area contributed by atoms with Crippen molar-refractivity contribution >= 4 is 18.3 Å². The molecule has 1 N–H and O–H groups in total. The molecular weight excluding hydrogens is 332 g/mol. The van der Waals surface area contributed by atoms with E-state index in [0.717, 1.165) is 25.9 Å². The van der Waals surface area contributed by atoms with E-state index >= 15 is 0 Å². The lowest BCUT2D eigenvalue weighted by molar-refractivity contribution is 0.0747. The van der Waals surface area contributed by atoms with E-state index in [1.807, 2.05) is 4.90 Å². The number of nitrogens with zero attached hydrogens (tertiary/aromatic N) is 1. The Labute approximate surface area is 148 Å². The van der Waals surface area contributed by atoms with Crippen molar-refractivity contribution in [3.63, 3.8) is 0 Å². The van der Waals surface area contributed by atoms with E-state index in [0.29, 0.717) is 34.9 Å². The molecule has 0 spiro atoms. The van der Waals surface area contributed by atoms with Crippen LogP contribution in [-0.4, -0.2) is 57.3 Å². The van der Waals surface area contributed by atoms with E-state index in [4.69, 9.17) is 14.2 Å². The van der Waals surface area contributed by atoms with E-state index in [1.165, 1.54) is 6.42 Å². The number of ether oxygens (including phenoxy) is 3. The van der Waals surface area contributed by atoms with Gasteiger partial charge in [-0.15, -0.1) is 12.4 Å². The van der Waals surface area contributed by atoms with Crippen molar-refractivity contribution in [2.45, 2.75) is 31.3 Å². The molecule has 2 atom stereocenters. The van der Waals surface area contributed by atoms with Crippen LogP contribution in [-0.2, 0) is 0 Å². The smallest absolute Gasteiger partial charge is 0.254 e. The molecule has 2 aliphatic heterocycles. The summed E-state index contributed by atoms with van der Waals surface area (Å²) < 4.78 is 16.0. The zero-order valence-corrected chi connectivity index (χ0v) is 15.1. The molecule has 1 aromatic rings. The van der Waals surface area contributed by atoms with Crippen molar-refractivity contribution in [2.24, 2.45) is 0 Å². The molecule has 2 saturated heterocycles. The lowest BCUT2D eigenvalue weighted by atomic mass is 10.1. The van der Waals surface area contributed by atoms with E-state index in [9.17, 15) is 4.79 Å². The fraction of sp³-hybridized carbons (Fsp3) is 0.588. The molecule has 1 amide bonds. The first-order valence-electron chi connectivity index (χ1n) is 8.01. The topological polar surface area (TPSA) is 60.0 Å². The number of carbonyl (C=O) groups excluding carboxylic acids is 1. The van der Waals surface area contributed by atoms with Crippen LogP contribution in [0.1, 0.15) is 29.6 Å². The molecule has 3 rings (SSSR count). The quantitative estimate of drug-likeness (QED) is 0.895. The highest BCUT2D eigenvalue weighted by Crippen LogP contribution is 2.38. The van der Waals surface area contributed by atoms with E-state index in [2.05, 4.69) is 5.32 Å². The number of likely N-dealkylation sites (tertiary alicyclic amines) is 1. The molecule has 2 bridgehead atoms. The van der Waals surface area contributed by atoms with Crippen molar-refractivity contribution in [3.8, 4) is 17.2 Å². The maximum Gasteiger partial charge on any atom is 0.254 e. The summed E-state index contributed by atoms with van der Waals surface area (Å²) in [6, 6.07) is 4.41. The van der Waals surface area contributed by atoms with Gasteiger partial charge in [-0.25, -0.2) is 0 Å². The molecule has 0 aromatic heterocycles. The molecule has 0 saturated carbocycles. The molecule has 2 fully saturated rings.